The number of para-hydroxylation sites is 1. The number of nitrogens with one attached hydrogen (secondary N) is 2. The Labute approximate surface area is 172 Å². The average Bonchev–Trinajstić information content (AvgIpc) is 2.78. The molecule has 0 amide bonds. The molecule has 1 aliphatic heterocycles. The normalized spacial score (nSPS) is 12.7. The summed E-state index contributed by atoms with van der Waals surface area (Å²) in [5.74, 6) is 0.408. The van der Waals surface area contributed by atoms with Crippen molar-refractivity contribution in [3.63, 3.8) is 0 Å². The number of rotatable bonds is 3. The van der Waals surface area contributed by atoms with Crippen molar-refractivity contribution in [3.05, 3.63) is 60.2 Å². The van der Waals surface area contributed by atoms with Crippen LogP contribution in [-0.4, -0.2) is 28.1 Å². The van der Waals surface area contributed by atoms with E-state index in [-0.39, 0.29) is 5.69 Å². The summed E-state index contributed by atoms with van der Waals surface area (Å²) in [6, 6.07) is 11.3. The Morgan fingerprint density at radius 2 is 1.97 bits per heavy atom. The van der Waals surface area contributed by atoms with Gasteiger partial charge in [-0.2, -0.15) is 0 Å². The van der Waals surface area contributed by atoms with Crippen molar-refractivity contribution in [2.45, 2.75) is 6.92 Å². The standard InChI is InChI=1S/C22H19FN6O/c1-12-15(10-26-21-20(12)25-7-8-30-21)14-9-17-16(19(24)18(14)23)11-27-22(29-17)28-13-5-3-2-4-6-13/h2-6,9-11,25H,7-8,24H2,1H3,(H,27,28,29). The van der Waals surface area contributed by atoms with Gasteiger partial charge in [-0.3, -0.25) is 0 Å². The van der Waals surface area contributed by atoms with E-state index >= 15 is 4.39 Å². The molecule has 2 aromatic carbocycles. The van der Waals surface area contributed by atoms with Crippen molar-refractivity contribution in [2.75, 3.05) is 29.5 Å². The van der Waals surface area contributed by atoms with Crippen LogP contribution in [0.15, 0.2) is 48.8 Å². The van der Waals surface area contributed by atoms with Crippen LogP contribution >= 0.6 is 0 Å². The molecule has 0 atom stereocenters. The number of nitrogen functional groups attached to an aromatic ring is 1. The average molecular weight is 402 g/mol. The molecule has 0 bridgehead atoms. The van der Waals surface area contributed by atoms with Crippen molar-refractivity contribution < 1.29 is 9.13 Å². The lowest BCUT2D eigenvalue weighted by atomic mass is 9.98. The largest absolute Gasteiger partial charge is 0.474 e. The Bertz CT molecular complexity index is 1260. The molecule has 150 valence electrons. The maximum absolute atomic E-state index is 15.2. The van der Waals surface area contributed by atoms with Crippen LogP contribution in [-0.2, 0) is 0 Å². The number of pyridine rings is 1. The number of anilines is 4. The fourth-order valence-corrected chi connectivity index (χ4v) is 3.58. The molecule has 5 rings (SSSR count). The van der Waals surface area contributed by atoms with Crippen LogP contribution in [0.2, 0.25) is 0 Å². The lowest BCUT2D eigenvalue weighted by molar-refractivity contribution is 0.310. The van der Waals surface area contributed by atoms with Crippen LogP contribution < -0.4 is 21.1 Å². The third-order valence-corrected chi connectivity index (χ3v) is 5.13. The van der Waals surface area contributed by atoms with E-state index in [1.807, 2.05) is 37.3 Å². The molecule has 0 radical (unpaired) electrons. The first-order valence-corrected chi connectivity index (χ1v) is 9.55. The molecule has 0 unspecified atom stereocenters. The molecule has 0 fully saturated rings. The molecule has 7 nitrogen and oxygen atoms in total. The third kappa shape index (κ3) is 3.02. The van der Waals surface area contributed by atoms with Gasteiger partial charge in [0.05, 0.1) is 11.2 Å². The second-order valence-electron chi connectivity index (χ2n) is 7.02. The zero-order valence-electron chi connectivity index (χ0n) is 16.2. The van der Waals surface area contributed by atoms with E-state index < -0.39 is 5.82 Å². The van der Waals surface area contributed by atoms with E-state index in [9.17, 15) is 0 Å². The molecule has 2 aromatic heterocycles. The second kappa shape index (κ2) is 7.14. The van der Waals surface area contributed by atoms with Gasteiger partial charge in [-0.1, -0.05) is 18.2 Å². The van der Waals surface area contributed by atoms with Gasteiger partial charge in [0.15, 0.2) is 5.82 Å². The lowest BCUT2D eigenvalue weighted by Gasteiger charge is -2.22. The number of hydrogen-bond acceptors (Lipinski definition) is 7. The maximum Gasteiger partial charge on any atom is 0.237 e. The molecular weight excluding hydrogens is 383 g/mol. The minimum Gasteiger partial charge on any atom is -0.474 e. The quantitative estimate of drug-likeness (QED) is 0.440. The summed E-state index contributed by atoms with van der Waals surface area (Å²) < 4.78 is 20.8. The van der Waals surface area contributed by atoms with Crippen LogP contribution in [0.4, 0.5) is 27.4 Å². The van der Waals surface area contributed by atoms with Crippen molar-refractivity contribution in [1.29, 1.82) is 0 Å². The number of nitrogens with zero attached hydrogens (tertiary/aromatic N) is 3. The first kappa shape index (κ1) is 18.1. The number of aromatic nitrogens is 3. The fraction of sp³-hybridized carbons (Fsp3) is 0.136. The van der Waals surface area contributed by atoms with Gasteiger partial charge in [0.25, 0.3) is 0 Å². The molecule has 0 aliphatic carbocycles. The molecule has 1 aliphatic rings. The van der Waals surface area contributed by atoms with E-state index in [2.05, 4.69) is 25.6 Å². The molecule has 0 saturated carbocycles. The minimum absolute atomic E-state index is 0.00934. The summed E-state index contributed by atoms with van der Waals surface area (Å²) in [5, 5.41) is 6.88. The zero-order valence-corrected chi connectivity index (χ0v) is 16.2. The summed E-state index contributed by atoms with van der Waals surface area (Å²) in [6.45, 7) is 3.12. The zero-order chi connectivity index (χ0) is 20.7. The van der Waals surface area contributed by atoms with E-state index in [0.29, 0.717) is 47.0 Å². The van der Waals surface area contributed by atoms with Crippen LogP contribution in [0.1, 0.15) is 5.56 Å². The van der Waals surface area contributed by atoms with Gasteiger partial charge in [-0.25, -0.2) is 19.3 Å². The summed E-state index contributed by atoms with van der Waals surface area (Å²) in [5.41, 5.74) is 10.1. The van der Waals surface area contributed by atoms with Gasteiger partial charge in [0.1, 0.15) is 12.3 Å². The highest BCUT2D eigenvalue weighted by Gasteiger charge is 2.21. The topological polar surface area (TPSA) is 98.0 Å². The van der Waals surface area contributed by atoms with E-state index in [1.54, 1.807) is 12.3 Å². The first-order valence-electron chi connectivity index (χ1n) is 9.55. The van der Waals surface area contributed by atoms with Gasteiger partial charge in [0, 0.05) is 41.1 Å². The van der Waals surface area contributed by atoms with E-state index in [1.165, 1.54) is 6.20 Å². The summed E-state index contributed by atoms with van der Waals surface area (Å²) in [6.07, 6.45) is 3.14. The maximum atomic E-state index is 15.2. The number of halogens is 1. The molecule has 8 heteroatoms. The highest BCUT2D eigenvalue weighted by atomic mass is 19.1. The summed E-state index contributed by atoms with van der Waals surface area (Å²) in [4.78, 5) is 13.2. The predicted octanol–water partition coefficient (Wildman–Crippen LogP) is 4.27. The number of hydrogen-bond donors (Lipinski definition) is 3. The van der Waals surface area contributed by atoms with Gasteiger partial charge in [-0.15, -0.1) is 0 Å². The summed E-state index contributed by atoms with van der Waals surface area (Å²) in [7, 11) is 0. The van der Waals surface area contributed by atoms with Gasteiger partial charge >= 0.3 is 0 Å². The first-order chi connectivity index (χ1) is 14.6. The molecule has 4 N–H and O–H groups in total. The second-order valence-corrected chi connectivity index (χ2v) is 7.02. The highest BCUT2D eigenvalue weighted by Crippen LogP contribution is 2.39. The van der Waals surface area contributed by atoms with Crippen LogP contribution in [0.25, 0.3) is 22.0 Å². The fourth-order valence-electron chi connectivity index (χ4n) is 3.58. The number of fused-ring (bicyclic) bond motifs is 2. The lowest BCUT2D eigenvalue weighted by Crippen LogP contribution is -2.20. The van der Waals surface area contributed by atoms with Gasteiger partial charge in [0.2, 0.25) is 11.8 Å². The SMILES string of the molecule is Cc1c(-c2cc3nc(Nc4ccccc4)ncc3c(N)c2F)cnc2c1NCCO2. The van der Waals surface area contributed by atoms with Crippen molar-refractivity contribution in [2.24, 2.45) is 0 Å². The van der Waals surface area contributed by atoms with Crippen molar-refractivity contribution >= 4 is 33.9 Å². The monoisotopic (exact) mass is 402 g/mol. The van der Waals surface area contributed by atoms with Gasteiger partial charge in [-0.05, 0) is 30.7 Å². The number of benzene rings is 2. The third-order valence-electron chi connectivity index (χ3n) is 5.13. The Balaban J connectivity index is 1.63. The number of ether oxygens (including phenoxy) is 1. The predicted molar refractivity (Wildman–Crippen MR) is 116 cm³/mol. The van der Waals surface area contributed by atoms with E-state index in [0.717, 1.165) is 16.9 Å². The molecule has 3 heterocycles. The van der Waals surface area contributed by atoms with Gasteiger partial charge < -0.3 is 21.1 Å². The van der Waals surface area contributed by atoms with Crippen LogP contribution in [0, 0.1) is 12.7 Å². The molecule has 0 saturated heterocycles. The van der Waals surface area contributed by atoms with E-state index in [4.69, 9.17) is 10.5 Å². The molecule has 30 heavy (non-hydrogen) atoms. The molecular formula is C22H19FN6O. The Morgan fingerprint density at radius 3 is 2.80 bits per heavy atom. The highest BCUT2D eigenvalue weighted by molar-refractivity contribution is 5.96. The molecule has 0 spiro atoms. The van der Waals surface area contributed by atoms with Crippen molar-refractivity contribution in [3.8, 4) is 17.0 Å². The smallest absolute Gasteiger partial charge is 0.237 e. The Hall–Kier alpha value is -3.94. The Morgan fingerprint density at radius 1 is 1.13 bits per heavy atom. The Kier molecular flexibility index (Phi) is 4.31. The number of nitrogens with two attached hydrogens (primary N) is 1. The molecule has 4 aromatic rings. The minimum atomic E-state index is -0.517. The van der Waals surface area contributed by atoms with Crippen LogP contribution in [0.3, 0.4) is 0 Å². The van der Waals surface area contributed by atoms with Crippen molar-refractivity contribution in [1.82, 2.24) is 15.0 Å². The van der Waals surface area contributed by atoms with Crippen LogP contribution in [0.5, 0.6) is 5.88 Å². The summed E-state index contributed by atoms with van der Waals surface area (Å²) >= 11 is 0.